The summed E-state index contributed by atoms with van der Waals surface area (Å²) in [6.07, 6.45) is 5.69. The highest BCUT2D eigenvalue weighted by molar-refractivity contribution is 6.52. The predicted octanol–water partition coefficient (Wildman–Crippen LogP) is 4.87. The van der Waals surface area contributed by atoms with Crippen LogP contribution in [0.25, 0.3) is 0 Å². The Balaban J connectivity index is 0.000000166. The fraction of sp³-hybridized carbons (Fsp3) is 0.192. The monoisotopic (exact) mass is 380 g/mol. The molecule has 0 spiro atoms. The molecule has 29 heavy (non-hydrogen) atoms. The van der Waals surface area contributed by atoms with E-state index in [1.165, 1.54) is 33.3 Å². The average molecular weight is 380 g/mol. The third kappa shape index (κ3) is 6.22. The Labute approximate surface area is 175 Å². The number of imidazole rings is 1. The fourth-order valence-corrected chi connectivity index (χ4v) is 3.50. The highest BCUT2D eigenvalue weighted by Gasteiger charge is 2.04. The molecule has 0 aliphatic carbocycles. The maximum Gasteiger partial charge on any atom is 0.162 e. The Bertz CT molecular complexity index is 988. The average Bonchev–Trinajstić information content (AvgIpc) is 3.25. The number of H-pyrrole nitrogens is 1. The van der Waals surface area contributed by atoms with Crippen LogP contribution in [0.4, 0.5) is 0 Å². The molecular formula is C26H29BN2. The standard InChI is InChI=1S/C14H15B.C12H14N2/c1-12-7-5-6-8-13(12)11-15-14-9-3-2-4-10-14;1-9-4-3-5-10(2)11(9)8-12-13-6-7-14-12/h2-10,15H,11H2,1H3;3-7H,8H2,1-2H3,(H,13,14). The number of nitrogens with zero attached hydrogens (tertiary/aromatic N) is 1. The summed E-state index contributed by atoms with van der Waals surface area (Å²) < 4.78 is 0. The second-order valence-electron chi connectivity index (χ2n) is 7.50. The summed E-state index contributed by atoms with van der Waals surface area (Å²) in [6, 6.07) is 25.7. The van der Waals surface area contributed by atoms with E-state index in [0.717, 1.165) is 25.8 Å². The Morgan fingerprint density at radius 1 is 0.759 bits per heavy atom. The lowest BCUT2D eigenvalue weighted by Gasteiger charge is -2.07. The van der Waals surface area contributed by atoms with Crippen LogP contribution in [0, 0.1) is 20.8 Å². The van der Waals surface area contributed by atoms with Crippen molar-refractivity contribution in [3.05, 3.63) is 119 Å². The predicted molar refractivity (Wildman–Crippen MR) is 125 cm³/mol. The number of aromatic nitrogens is 2. The van der Waals surface area contributed by atoms with Gasteiger partial charge in [0.05, 0.1) is 0 Å². The zero-order valence-electron chi connectivity index (χ0n) is 17.7. The van der Waals surface area contributed by atoms with Gasteiger partial charge >= 0.3 is 0 Å². The van der Waals surface area contributed by atoms with Crippen LogP contribution in [0.5, 0.6) is 0 Å². The van der Waals surface area contributed by atoms with E-state index in [4.69, 9.17) is 0 Å². The van der Waals surface area contributed by atoms with Gasteiger partial charge in [-0.3, -0.25) is 0 Å². The van der Waals surface area contributed by atoms with Crippen LogP contribution in [0.2, 0.25) is 0 Å². The van der Waals surface area contributed by atoms with Gasteiger partial charge in [0.2, 0.25) is 0 Å². The van der Waals surface area contributed by atoms with Crippen molar-refractivity contribution in [2.24, 2.45) is 0 Å². The van der Waals surface area contributed by atoms with Gasteiger partial charge in [0, 0.05) is 18.8 Å². The molecule has 1 heterocycles. The van der Waals surface area contributed by atoms with Crippen LogP contribution in [0.15, 0.2) is 85.2 Å². The van der Waals surface area contributed by atoms with E-state index in [2.05, 4.69) is 104 Å². The van der Waals surface area contributed by atoms with E-state index in [1.54, 1.807) is 6.20 Å². The molecule has 0 amide bonds. The number of hydrogen-bond donors (Lipinski definition) is 1. The Morgan fingerprint density at radius 2 is 1.41 bits per heavy atom. The Morgan fingerprint density at radius 3 is 2.07 bits per heavy atom. The van der Waals surface area contributed by atoms with Gasteiger partial charge in [-0.15, -0.1) is 0 Å². The van der Waals surface area contributed by atoms with E-state index in [1.807, 2.05) is 6.20 Å². The maximum atomic E-state index is 4.24. The summed E-state index contributed by atoms with van der Waals surface area (Å²) in [5.41, 5.74) is 8.32. The van der Waals surface area contributed by atoms with Crippen molar-refractivity contribution >= 4 is 12.7 Å². The lowest BCUT2D eigenvalue weighted by atomic mass is 9.65. The van der Waals surface area contributed by atoms with Crippen LogP contribution in [-0.4, -0.2) is 17.2 Å². The van der Waals surface area contributed by atoms with Gasteiger partial charge in [-0.1, -0.05) is 83.8 Å². The molecule has 4 rings (SSSR count). The second-order valence-corrected chi connectivity index (χ2v) is 7.50. The largest absolute Gasteiger partial charge is 0.348 e. The van der Waals surface area contributed by atoms with E-state index < -0.39 is 0 Å². The van der Waals surface area contributed by atoms with E-state index in [-0.39, 0.29) is 0 Å². The topological polar surface area (TPSA) is 28.7 Å². The first-order chi connectivity index (χ1) is 14.1. The smallest absolute Gasteiger partial charge is 0.162 e. The van der Waals surface area contributed by atoms with Crippen molar-refractivity contribution in [2.75, 3.05) is 0 Å². The Kier molecular flexibility index (Phi) is 7.46. The van der Waals surface area contributed by atoms with Crippen molar-refractivity contribution in [3.8, 4) is 0 Å². The zero-order chi connectivity index (χ0) is 20.5. The molecule has 0 saturated carbocycles. The van der Waals surface area contributed by atoms with E-state index in [9.17, 15) is 0 Å². The van der Waals surface area contributed by atoms with Crippen molar-refractivity contribution < 1.29 is 0 Å². The van der Waals surface area contributed by atoms with Gasteiger partial charge in [0.25, 0.3) is 0 Å². The van der Waals surface area contributed by atoms with Gasteiger partial charge in [0.1, 0.15) is 5.82 Å². The number of benzene rings is 3. The van der Waals surface area contributed by atoms with Gasteiger partial charge < -0.3 is 4.98 Å². The lowest BCUT2D eigenvalue weighted by molar-refractivity contribution is 1.00. The third-order valence-corrected chi connectivity index (χ3v) is 5.33. The minimum Gasteiger partial charge on any atom is -0.348 e. The molecule has 0 radical (unpaired) electrons. The molecule has 3 heteroatoms. The van der Waals surface area contributed by atoms with Crippen LogP contribution in [0.1, 0.15) is 33.6 Å². The summed E-state index contributed by atoms with van der Waals surface area (Å²) in [4.78, 5) is 7.37. The highest BCUT2D eigenvalue weighted by Crippen LogP contribution is 2.15. The van der Waals surface area contributed by atoms with Crippen molar-refractivity contribution in [1.82, 2.24) is 9.97 Å². The van der Waals surface area contributed by atoms with Crippen LogP contribution in [-0.2, 0) is 12.7 Å². The molecule has 0 fully saturated rings. The summed E-state index contributed by atoms with van der Waals surface area (Å²) in [7, 11) is 1.13. The third-order valence-electron chi connectivity index (χ3n) is 5.33. The second kappa shape index (κ2) is 10.5. The van der Waals surface area contributed by atoms with Gasteiger partial charge in [-0.25, -0.2) is 4.98 Å². The quantitative estimate of drug-likeness (QED) is 0.492. The molecule has 2 nitrogen and oxygen atoms in total. The minimum absolute atomic E-state index is 0.894. The molecule has 0 bridgehead atoms. The summed E-state index contributed by atoms with van der Waals surface area (Å²) in [5.74, 6) is 1.03. The molecule has 1 N–H and O–H groups in total. The molecule has 0 atom stereocenters. The number of aryl methyl sites for hydroxylation is 3. The van der Waals surface area contributed by atoms with Gasteiger partial charge in [-0.2, -0.15) is 0 Å². The van der Waals surface area contributed by atoms with Gasteiger partial charge in [-0.05, 0) is 49.3 Å². The molecule has 146 valence electrons. The normalized spacial score (nSPS) is 10.2. The fourth-order valence-electron chi connectivity index (χ4n) is 3.50. The summed E-state index contributed by atoms with van der Waals surface area (Å²) >= 11 is 0. The number of rotatable bonds is 5. The first-order valence-electron chi connectivity index (χ1n) is 10.3. The molecular weight excluding hydrogens is 351 g/mol. The van der Waals surface area contributed by atoms with Crippen LogP contribution in [0.3, 0.4) is 0 Å². The number of hydrogen-bond acceptors (Lipinski definition) is 1. The highest BCUT2D eigenvalue weighted by atomic mass is 14.9. The first kappa shape index (κ1) is 20.7. The maximum absolute atomic E-state index is 4.24. The molecule has 0 unspecified atom stereocenters. The van der Waals surface area contributed by atoms with E-state index in [0.29, 0.717) is 0 Å². The zero-order valence-corrected chi connectivity index (χ0v) is 17.7. The van der Waals surface area contributed by atoms with Crippen LogP contribution >= 0.6 is 0 Å². The van der Waals surface area contributed by atoms with Gasteiger partial charge in [0.15, 0.2) is 7.28 Å². The molecule has 4 aromatic rings. The van der Waals surface area contributed by atoms with Crippen molar-refractivity contribution in [2.45, 2.75) is 33.5 Å². The van der Waals surface area contributed by atoms with Crippen molar-refractivity contribution in [3.63, 3.8) is 0 Å². The molecule has 3 aromatic carbocycles. The molecule has 1 aromatic heterocycles. The lowest BCUT2D eigenvalue weighted by Crippen LogP contribution is -2.16. The van der Waals surface area contributed by atoms with Crippen LogP contribution < -0.4 is 5.46 Å². The number of aromatic amines is 1. The van der Waals surface area contributed by atoms with E-state index >= 15 is 0 Å². The Hall–Kier alpha value is -3.07. The van der Waals surface area contributed by atoms with Crippen molar-refractivity contribution in [1.29, 1.82) is 0 Å². The molecule has 0 saturated heterocycles. The first-order valence-corrected chi connectivity index (χ1v) is 10.3. The summed E-state index contributed by atoms with van der Waals surface area (Å²) in [5, 5.41) is 0. The number of nitrogens with one attached hydrogen (secondary N) is 1. The summed E-state index contributed by atoms with van der Waals surface area (Å²) in [6.45, 7) is 6.47. The molecule has 0 aliphatic heterocycles. The molecule has 0 aliphatic rings. The minimum atomic E-state index is 0.894. The SMILES string of the molecule is Cc1cccc(C)c1Cc1ncc[nH]1.Cc1ccccc1CBc1ccccc1.